The normalized spacial score (nSPS) is 20.8. The topological polar surface area (TPSA) is 48.1 Å². The Kier molecular flexibility index (Phi) is 6.39. The minimum Gasteiger partial charge on any atom is -0.358 e. The minimum absolute atomic E-state index is 0.453. The molecule has 2 atom stereocenters. The van der Waals surface area contributed by atoms with E-state index in [1.54, 1.807) is 0 Å². The fourth-order valence-electron chi connectivity index (χ4n) is 2.73. The molecule has 6 heteroatoms. The standard InChI is InChI=1S/C16H24N4S2/c1-11-6-5-8-13(10-11)17-15(21)19-20-16(22)18-14-9-4-3-7-12(14)2/h5-6,8,10,12,14H,3-4,7,9H2,1-2H3,(H2,17,19,21)(H2,18,20,22)/t12-,14-/m1/s1. The molecule has 120 valence electrons. The lowest BCUT2D eigenvalue weighted by Gasteiger charge is -2.30. The fraction of sp³-hybridized carbons (Fsp3) is 0.500. The van der Waals surface area contributed by atoms with E-state index in [1.165, 1.54) is 31.2 Å². The fourth-order valence-corrected chi connectivity index (χ4v) is 3.11. The van der Waals surface area contributed by atoms with Crippen molar-refractivity contribution in [1.29, 1.82) is 0 Å². The first-order chi connectivity index (χ1) is 10.5. The number of nitrogens with one attached hydrogen (secondary N) is 4. The summed E-state index contributed by atoms with van der Waals surface area (Å²) in [5, 5.41) is 7.57. The molecular formula is C16H24N4S2. The summed E-state index contributed by atoms with van der Waals surface area (Å²) in [6.07, 6.45) is 5.03. The first kappa shape index (κ1) is 17.0. The summed E-state index contributed by atoms with van der Waals surface area (Å²) in [4.78, 5) is 0. The first-order valence-corrected chi connectivity index (χ1v) is 8.56. The lowest BCUT2D eigenvalue weighted by molar-refractivity contribution is 0.308. The van der Waals surface area contributed by atoms with Crippen LogP contribution in [0.15, 0.2) is 24.3 Å². The van der Waals surface area contributed by atoms with Gasteiger partial charge in [-0.2, -0.15) is 0 Å². The van der Waals surface area contributed by atoms with E-state index in [2.05, 4.69) is 28.4 Å². The van der Waals surface area contributed by atoms with Crippen LogP contribution in [0.25, 0.3) is 0 Å². The number of benzene rings is 1. The average molecular weight is 337 g/mol. The molecule has 0 amide bonds. The van der Waals surface area contributed by atoms with Crippen molar-refractivity contribution < 1.29 is 0 Å². The van der Waals surface area contributed by atoms with Crippen molar-refractivity contribution in [3.8, 4) is 0 Å². The van der Waals surface area contributed by atoms with Crippen LogP contribution < -0.4 is 21.5 Å². The van der Waals surface area contributed by atoms with Crippen LogP contribution in [0.2, 0.25) is 0 Å². The second kappa shape index (κ2) is 8.29. The summed E-state index contributed by atoms with van der Waals surface area (Å²) in [6, 6.07) is 8.50. The van der Waals surface area contributed by atoms with Crippen molar-refractivity contribution >= 4 is 40.3 Å². The van der Waals surface area contributed by atoms with Crippen molar-refractivity contribution in [3.63, 3.8) is 0 Å². The molecule has 1 aromatic carbocycles. The van der Waals surface area contributed by atoms with Gasteiger partial charge in [0.1, 0.15) is 0 Å². The van der Waals surface area contributed by atoms with Crippen molar-refractivity contribution in [2.24, 2.45) is 5.92 Å². The molecule has 0 saturated heterocycles. The number of aryl methyl sites for hydroxylation is 1. The Balaban J connectivity index is 1.72. The highest BCUT2D eigenvalue weighted by Crippen LogP contribution is 2.23. The third kappa shape index (κ3) is 5.42. The van der Waals surface area contributed by atoms with Gasteiger partial charge in [-0.3, -0.25) is 10.9 Å². The molecule has 1 aliphatic carbocycles. The Bertz CT molecular complexity index is 533. The van der Waals surface area contributed by atoms with Gasteiger partial charge in [-0.15, -0.1) is 0 Å². The summed E-state index contributed by atoms with van der Waals surface area (Å²) in [6.45, 7) is 4.32. The van der Waals surface area contributed by atoms with Gasteiger partial charge in [-0.1, -0.05) is 31.9 Å². The summed E-state index contributed by atoms with van der Waals surface area (Å²) < 4.78 is 0. The molecule has 0 radical (unpaired) electrons. The molecule has 1 saturated carbocycles. The van der Waals surface area contributed by atoms with Gasteiger partial charge < -0.3 is 10.6 Å². The van der Waals surface area contributed by atoms with E-state index in [4.69, 9.17) is 24.4 Å². The molecule has 1 aliphatic rings. The molecular weight excluding hydrogens is 312 g/mol. The zero-order chi connectivity index (χ0) is 15.9. The summed E-state index contributed by atoms with van der Waals surface area (Å²) in [7, 11) is 0. The van der Waals surface area contributed by atoms with Crippen LogP contribution in [0.1, 0.15) is 38.2 Å². The highest BCUT2D eigenvalue weighted by atomic mass is 32.1. The Morgan fingerprint density at radius 3 is 2.55 bits per heavy atom. The maximum absolute atomic E-state index is 5.32. The van der Waals surface area contributed by atoms with E-state index in [0.717, 1.165) is 5.69 Å². The van der Waals surface area contributed by atoms with Crippen molar-refractivity contribution in [2.45, 2.75) is 45.6 Å². The van der Waals surface area contributed by atoms with Gasteiger partial charge in [-0.05, 0) is 67.8 Å². The summed E-state index contributed by atoms with van der Waals surface area (Å²) >= 11 is 10.6. The van der Waals surface area contributed by atoms with Crippen LogP contribution in [-0.2, 0) is 0 Å². The molecule has 2 rings (SSSR count). The lowest BCUT2D eigenvalue weighted by atomic mass is 9.86. The van der Waals surface area contributed by atoms with E-state index in [-0.39, 0.29) is 0 Å². The molecule has 22 heavy (non-hydrogen) atoms. The summed E-state index contributed by atoms with van der Waals surface area (Å²) in [5.41, 5.74) is 8.02. The third-order valence-electron chi connectivity index (χ3n) is 3.99. The third-order valence-corrected chi connectivity index (χ3v) is 4.42. The molecule has 0 spiro atoms. The highest BCUT2D eigenvalue weighted by molar-refractivity contribution is 7.80. The van der Waals surface area contributed by atoms with Gasteiger partial charge in [0.05, 0.1) is 0 Å². The number of hydrazine groups is 1. The number of rotatable bonds is 2. The van der Waals surface area contributed by atoms with Gasteiger partial charge in [0.25, 0.3) is 0 Å². The van der Waals surface area contributed by atoms with Crippen LogP contribution in [0.3, 0.4) is 0 Å². The van der Waals surface area contributed by atoms with Crippen LogP contribution >= 0.6 is 24.4 Å². The van der Waals surface area contributed by atoms with Crippen molar-refractivity contribution in [1.82, 2.24) is 16.2 Å². The largest absolute Gasteiger partial charge is 0.358 e. The van der Waals surface area contributed by atoms with E-state index in [9.17, 15) is 0 Å². The zero-order valence-electron chi connectivity index (χ0n) is 13.1. The predicted octanol–water partition coefficient (Wildman–Crippen LogP) is 3.24. The Morgan fingerprint density at radius 1 is 1.09 bits per heavy atom. The Hall–Kier alpha value is -1.40. The zero-order valence-corrected chi connectivity index (χ0v) is 14.7. The molecule has 4 nitrogen and oxygen atoms in total. The van der Waals surface area contributed by atoms with Gasteiger partial charge in [0, 0.05) is 11.7 Å². The molecule has 0 aliphatic heterocycles. The maximum atomic E-state index is 5.32. The smallest absolute Gasteiger partial charge is 0.189 e. The van der Waals surface area contributed by atoms with Crippen molar-refractivity contribution in [3.05, 3.63) is 29.8 Å². The molecule has 1 fully saturated rings. The molecule has 4 N–H and O–H groups in total. The second-order valence-electron chi connectivity index (χ2n) is 5.92. The Labute approximate surface area is 143 Å². The SMILES string of the molecule is Cc1cccc(NC(=S)NNC(=S)N[C@@H]2CCCC[C@H]2C)c1. The first-order valence-electron chi connectivity index (χ1n) is 7.75. The van der Waals surface area contributed by atoms with Crippen molar-refractivity contribution in [2.75, 3.05) is 5.32 Å². The van der Waals surface area contributed by atoms with Gasteiger partial charge in [0.2, 0.25) is 0 Å². The Morgan fingerprint density at radius 2 is 1.82 bits per heavy atom. The summed E-state index contributed by atoms with van der Waals surface area (Å²) in [5.74, 6) is 0.658. The van der Waals surface area contributed by atoms with E-state index in [1.807, 2.05) is 31.2 Å². The maximum Gasteiger partial charge on any atom is 0.189 e. The highest BCUT2D eigenvalue weighted by Gasteiger charge is 2.21. The van der Waals surface area contributed by atoms with Gasteiger partial charge >= 0.3 is 0 Å². The number of anilines is 1. The van der Waals surface area contributed by atoms with E-state index >= 15 is 0 Å². The predicted molar refractivity (Wildman–Crippen MR) is 101 cm³/mol. The van der Waals surface area contributed by atoms with Gasteiger partial charge in [0.15, 0.2) is 10.2 Å². The molecule has 0 aromatic heterocycles. The lowest BCUT2D eigenvalue weighted by Crippen LogP contribution is -2.52. The van der Waals surface area contributed by atoms with E-state index in [0.29, 0.717) is 22.2 Å². The second-order valence-corrected chi connectivity index (χ2v) is 6.73. The van der Waals surface area contributed by atoms with Crippen LogP contribution in [0.5, 0.6) is 0 Å². The van der Waals surface area contributed by atoms with Crippen LogP contribution in [0, 0.1) is 12.8 Å². The molecule has 0 bridgehead atoms. The molecule has 0 heterocycles. The number of thiocarbonyl (C=S) groups is 2. The van der Waals surface area contributed by atoms with E-state index < -0.39 is 0 Å². The van der Waals surface area contributed by atoms with Crippen LogP contribution in [0.4, 0.5) is 5.69 Å². The molecule has 0 unspecified atom stereocenters. The monoisotopic (exact) mass is 336 g/mol. The molecule has 1 aromatic rings. The average Bonchev–Trinajstić information content (AvgIpc) is 2.48. The van der Waals surface area contributed by atoms with Crippen LogP contribution in [-0.4, -0.2) is 16.3 Å². The van der Waals surface area contributed by atoms with Gasteiger partial charge in [-0.25, -0.2) is 0 Å². The minimum atomic E-state index is 0.453. The number of hydrogen-bond donors (Lipinski definition) is 4. The number of hydrogen-bond acceptors (Lipinski definition) is 2. The quantitative estimate of drug-likeness (QED) is 0.491.